The molecule has 0 saturated heterocycles. The highest BCUT2D eigenvalue weighted by Crippen LogP contribution is 2.14. The lowest BCUT2D eigenvalue weighted by atomic mass is 10.1. The van der Waals surface area contributed by atoms with Crippen LogP contribution >= 0.6 is 0 Å². The number of ether oxygens (including phenoxy) is 2. The van der Waals surface area contributed by atoms with Crippen LogP contribution in [0.5, 0.6) is 5.75 Å². The van der Waals surface area contributed by atoms with Gasteiger partial charge in [-0.05, 0) is 36.6 Å². The zero-order valence-electron chi connectivity index (χ0n) is 18.3. The Morgan fingerprint density at radius 3 is 2.35 bits per heavy atom. The van der Waals surface area contributed by atoms with E-state index in [4.69, 9.17) is 15.2 Å². The number of carbonyl (C=O) groups excluding carboxylic acids is 2. The van der Waals surface area contributed by atoms with Crippen molar-refractivity contribution in [2.45, 2.75) is 40.2 Å². The molecule has 31 heavy (non-hydrogen) atoms. The molecule has 0 bridgehead atoms. The van der Waals surface area contributed by atoms with Crippen LogP contribution in [-0.4, -0.2) is 34.1 Å². The van der Waals surface area contributed by atoms with Gasteiger partial charge in [-0.3, -0.25) is 18.7 Å². The maximum absolute atomic E-state index is 12.6. The molecule has 0 unspecified atom stereocenters. The minimum Gasteiger partial charge on any atom is -0.494 e. The van der Waals surface area contributed by atoms with Gasteiger partial charge >= 0.3 is 11.7 Å². The summed E-state index contributed by atoms with van der Waals surface area (Å²) in [6.07, 6.45) is 1.94. The largest absolute Gasteiger partial charge is 0.494 e. The molecule has 1 aromatic carbocycles. The van der Waals surface area contributed by atoms with E-state index in [9.17, 15) is 19.2 Å². The van der Waals surface area contributed by atoms with Crippen molar-refractivity contribution in [1.29, 1.82) is 0 Å². The third-order valence-electron chi connectivity index (χ3n) is 4.60. The number of carbonyl (C=O) groups is 2. The fourth-order valence-electron chi connectivity index (χ4n) is 2.90. The van der Waals surface area contributed by atoms with Gasteiger partial charge in [-0.15, -0.1) is 0 Å². The first-order valence-electron chi connectivity index (χ1n) is 10.2. The third-order valence-corrected chi connectivity index (χ3v) is 4.60. The molecule has 0 aliphatic carbocycles. The molecule has 1 aromatic heterocycles. The number of benzene rings is 1. The summed E-state index contributed by atoms with van der Waals surface area (Å²) in [5, 5.41) is 0. The molecule has 2 N–H and O–H groups in total. The van der Waals surface area contributed by atoms with Crippen molar-refractivity contribution in [3.05, 3.63) is 56.2 Å². The molecule has 0 aliphatic heterocycles. The molecule has 0 atom stereocenters. The maximum atomic E-state index is 12.6. The predicted octanol–water partition coefficient (Wildman–Crippen LogP) is 2.00. The number of nitrogens with zero attached hydrogens (tertiary/aromatic N) is 2. The summed E-state index contributed by atoms with van der Waals surface area (Å²) in [6, 6.07) is 6.35. The van der Waals surface area contributed by atoms with Gasteiger partial charge in [-0.1, -0.05) is 27.2 Å². The Bertz CT molecular complexity index is 1050. The van der Waals surface area contributed by atoms with E-state index in [1.54, 1.807) is 12.1 Å². The van der Waals surface area contributed by atoms with Gasteiger partial charge < -0.3 is 15.2 Å². The van der Waals surface area contributed by atoms with Crippen LogP contribution in [-0.2, 0) is 18.3 Å². The van der Waals surface area contributed by atoms with Gasteiger partial charge in [0.1, 0.15) is 17.1 Å². The SMILES string of the molecule is CCCCOc1ccc(C(=O)OCC(=O)c2c(N)n(CC(C)C)c(=O)n(C)c2=O)cc1. The normalized spacial score (nSPS) is 10.9. The van der Waals surface area contributed by atoms with E-state index >= 15 is 0 Å². The number of nitrogen functional groups attached to an aromatic ring is 1. The molecule has 9 nitrogen and oxygen atoms in total. The van der Waals surface area contributed by atoms with E-state index in [1.807, 2.05) is 13.8 Å². The fourth-order valence-corrected chi connectivity index (χ4v) is 2.90. The number of aromatic nitrogens is 2. The van der Waals surface area contributed by atoms with Crippen LogP contribution in [0.2, 0.25) is 0 Å². The second-order valence-electron chi connectivity index (χ2n) is 7.64. The summed E-state index contributed by atoms with van der Waals surface area (Å²) in [5.41, 5.74) is 4.41. The summed E-state index contributed by atoms with van der Waals surface area (Å²) < 4.78 is 12.6. The number of hydrogen-bond acceptors (Lipinski definition) is 7. The molecule has 9 heteroatoms. The monoisotopic (exact) mass is 431 g/mol. The quantitative estimate of drug-likeness (QED) is 0.347. The van der Waals surface area contributed by atoms with Crippen LogP contribution in [0.3, 0.4) is 0 Å². The summed E-state index contributed by atoms with van der Waals surface area (Å²) in [6.45, 7) is 5.97. The van der Waals surface area contributed by atoms with E-state index in [-0.39, 0.29) is 29.4 Å². The number of ketones is 1. The average Bonchev–Trinajstić information content (AvgIpc) is 2.74. The Morgan fingerprint density at radius 1 is 1.13 bits per heavy atom. The zero-order valence-corrected chi connectivity index (χ0v) is 18.3. The molecule has 0 saturated carbocycles. The summed E-state index contributed by atoms with van der Waals surface area (Å²) in [5.74, 6) is -1.03. The molecule has 0 spiro atoms. The second kappa shape index (κ2) is 10.6. The first-order valence-corrected chi connectivity index (χ1v) is 10.2. The molecule has 2 rings (SSSR count). The van der Waals surface area contributed by atoms with Crippen LogP contribution in [0.1, 0.15) is 54.3 Å². The Labute approximate surface area is 180 Å². The minimum absolute atomic E-state index is 0.0622. The van der Waals surface area contributed by atoms with Crippen molar-refractivity contribution in [2.24, 2.45) is 13.0 Å². The third kappa shape index (κ3) is 5.84. The molecule has 0 amide bonds. The first kappa shape index (κ1) is 23.9. The highest BCUT2D eigenvalue weighted by atomic mass is 16.5. The number of rotatable bonds is 10. The Kier molecular flexibility index (Phi) is 8.18. The van der Waals surface area contributed by atoms with Crippen LogP contribution in [0.15, 0.2) is 33.9 Å². The molecule has 168 valence electrons. The Hall–Kier alpha value is -3.36. The highest BCUT2D eigenvalue weighted by Gasteiger charge is 2.23. The summed E-state index contributed by atoms with van der Waals surface area (Å²) in [7, 11) is 1.27. The highest BCUT2D eigenvalue weighted by molar-refractivity contribution is 6.02. The van der Waals surface area contributed by atoms with Gasteiger partial charge in [-0.25, -0.2) is 9.59 Å². The van der Waals surface area contributed by atoms with Crippen molar-refractivity contribution in [3.8, 4) is 5.75 Å². The fraction of sp³-hybridized carbons (Fsp3) is 0.455. The topological polar surface area (TPSA) is 123 Å². The lowest BCUT2D eigenvalue weighted by Gasteiger charge is -2.16. The van der Waals surface area contributed by atoms with E-state index < -0.39 is 29.6 Å². The minimum atomic E-state index is -0.822. The molecule has 0 aliphatic rings. The van der Waals surface area contributed by atoms with Crippen LogP contribution in [0.25, 0.3) is 0 Å². The standard InChI is InChI=1S/C22H29N3O6/c1-5-6-11-30-16-9-7-15(8-10-16)21(28)31-13-17(26)18-19(23)25(12-14(2)3)22(29)24(4)20(18)27/h7-10,14H,5-6,11-13,23H2,1-4H3. The number of nitrogens with two attached hydrogens (primary N) is 1. The lowest BCUT2D eigenvalue weighted by molar-refractivity contribution is 0.0474. The number of anilines is 1. The van der Waals surface area contributed by atoms with Crippen molar-refractivity contribution in [3.63, 3.8) is 0 Å². The van der Waals surface area contributed by atoms with Crippen LogP contribution in [0, 0.1) is 5.92 Å². The molecule has 0 radical (unpaired) electrons. The van der Waals surface area contributed by atoms with E-state index in [2.05, 4.69) is 6.92 Å². The molecular weight excluding hydrogens is 402 g/mol. The van der Waals surface area contributed by atoms with Crippen molar-refractivity contribution in [2.75, 3.05) is 18.9 Å². The van der Waals surface area contributed by atoms with Gasteiger partial charge in [0.25, 0.3) is 5.56 Å². The van der Waals surface area contributed by atoms with Gasteiger partial charge in [0.05, 0.1) is 12.2 Å². The van der Waals surface area contributed by atoms with Crippen LogP contribution < -0.4 is 21.7 Å². The number of Topliss-reactive ketones (excluding diaryl/α,β-unsaturated/α-hetero) is 1. The van der Waals surface area contributed by atoms with Crippen molar-refractivity contribution >= 4 is 17.6 Å². The van der Waals surface area contributed by atoms with E-state index in [0.29, 0.717) is 12.4 Å². The summed E-state index contributed by atoms with van der Waals surface area (Å²) in [4.78, 5) is 49.7. The predicted molar refractivity (Wildman–Crippen MR) is 117 cm³/mol. The van der Waals surface area contributed by atoms with E-state index in [1.165, 1.54) is 23.7 Å². The molecule has 0 fully saturated rings. The lowest BCUT2D eigenvalue weighted by Crippen LogP contribution is -2.43. The molecular formula is C22H29N3O6. The van der Waals surface area contributed by atoms with Gasteiger partial charge in [0.15, 0.2) is 6.61 Å². The van der Waals surface area contributed by atoms with Gasteiger partial charge in [0.2, 0.25) is 5.78 Å². The number of esters is 1. The van der Waals surface area contributed by atoms with E-state index in [0.717, 1.165) is 17.4 Å². The molecule has 1 heterocycles. The number of hydrogen-bond donors (Lipinski definition) is 1. The average molecular weight is 431 g/mol. The smallest absolute Gasteiger partial charge is 0.338 e. The molecule has 2 aromatic rings. The van der Waals surface area contributed by atoms with Gasteiger partial charge in [0, 0.05) is 13.6 Å². The van der Waals surface area contributed by atoms with Crippen molar-refractivity contribution < 1.29 is 19.1 Å². The number of unbranched alkanes of at least 4 members (excludes halogenated alkanes) is 1. The Morgan fingerprint density at radius 2 is 1.77 bits per heavy atom. The zero-order chi connectivity index (χ0) is 23.1. The van der Waals surface area contributed by atoms with Crippen LogP contribution in [0.4, 0.5) is 5.82 Å². The van der Waals surface area contributed by atoms with Gasteiger partial charge in [-0.2, -0.15) is 0 Å². The first-order chi connectivity index (χ1) is 14.7. The maximum Gasteiger partial charge on any atom is 0.338 e. The second-order valence-corrected chi connectivity index (χ2v) is 7.64. The summed E-state index contributed by atoms with van der Waals surface area (Å²) >= 11 is 0. The van der Waals surface area contributed by atoms with Crippen molar-refractivity contribution in [1.82, 2.24) is 9.13 Å². The Balaban J connectivity index is 2.13.